The van der Waals surface area contributed by atoms with Crippen molar-refractivity contribution < 1.29 is 4.92 Å². The van der Waals surface area contributed by atoms with Crippen molar-refractivity contribution in [3.05, 3.63) is 75.3 Å². The fraction of sp³-hybridized carbons (Fsp3) is 0.368. The molecule has 4 heteroatoms. The van der Waals surface area contributed by atoms with E-state index in [1.807, 2.05) is 12.1 Å². The summed E-state index contributed by atoms with van der Waals surface area (Å²) >= 11 is 0. The highest BCUT2D eigenvalue weighted by atomic mass is 16.6. The number of hydrogen-bond donors (Lipinski definition) is 1. The Morgan fingerprint density at radius 2 is 1.61 bits per heavy atom. The van der Waals surface area contributed by atoms with E-state index in [1.165, 1.54) is 11.1 Å². The molecule has 0 fully saturated rings. The van der Waals surface area contributed by atoms with Crippen LogP contribution < -0.4 is 5.73 Å². The Morgan fingerprint density at radius 1 is 1.04 bits per heavy atom. The third kappa shape index (κ3) is 4.39. The Kier molecular flexibility index (Phi) is 5.16. The number of nitro benzene ring substituents is 1. The molecule has 2 aromatic rings. The molecule has 0 aromatic heterocycles. The molecule has 2 N–H and O–H groups in total. The fourth-order valence-electron chi connectivity index (χ4n) is 2.63. The molecular weight excluding hydrogens is 288 g/mol. The second kappa shape index (κ2) is 6.92. The quantitative estimate of drug-likeness (QED) is 0.665. The Balaban J connectivity index is 2.15. The molecule has 0 saturated heterocycles. The van der Waals surface area contributed by atoms with E-state index in [9.17, 15) is 10.1 Å². The van der Waals surface area contributed by atoms with Crippen molar-refractivity contribution in [2.24, 2.45) is 5.73 Å². The van der Waals surface area contributed by atoms with Crippen molar-refractivity contribution in [3.8, 4) is 0 Å². The molecule has 4 nitrogen and oxygen atoms in total. The Hall–Kier alpha value is -2.20. The minimum atomic E-state index is -0.380. The Labute approximate surface area is 137 Å². The second-order valence-electron chi connectivity index (χ2n) is 6.93. The molecule has 0 amide bonds. The molecule has 0 bridgehead atoms. The number of benzene rings is 2. The van der Waals surface area contributed by atoms with E-state index in [0.29, 0.717) is 6.54 Å². The lowest BCUT2D eigenvalue weighted by Crippen LogP contribution is -2.16. The Bertz CT molecular complexity index is 655. The predicted octanol–water partition coefficient (Wildman–Crippen LogP) is 4.18. The summed E-state index contributed by atoms with van der Waals surface area (Å²) in [5, 5.41) is 10.7. The van der Waals surface area contributed by atoms with Gasteiger partial charge < -0.3 is 5.73 Å². The number of nitro groups is 1. The topological polar surface area (TPSA) is 69.2 Å². The zero-order valence-corrected chi connectivity index (χ0v) is 14.0. The van der Waals surface area contributed by atoms with Crippen molar-refractivity contribution >= 4 is 5.69 Å². The van der Waals surface area contributed by atoms with Gasteiger partial charge in [-0.25, -0.2) is 0 Å². The minimum Gasteiger partial charge on any atom is -0.330 e. The molecule has 0 saturated carbocycles. The van der Waals surface area contributed by atoms with Crippen LogP contribution in [0.15, 0.2) is 48.5 Å². The van der Waals surface area contributed by atoms with Crippen LogP contribution >= 0.6 is 0 Å². The summed E-state index contributed by atoms with van der Waals surface area (Å²) in [6.45, 7) is 7.13. The van der Waals surface area contributed by atoms with Crippen LogP contribution in [0.4, 0.5) is 5.69 Å². The normalized spacial score (nSPS) is 12.9. The third-order valence-electron chi connectivity index (χ3n) is 4.16. The van der Waals surface area contributed by atoms with Gasteiger partial charge in [-0.05, 0) is 35.1 Å². The summed E-state index contributed by atoms with van der Waals surface area (Å²) in [6, 6.07) is 15.3. The van der Waals surface area contributed by atoms with Gasteiger partial charge in [0.2, 0.25) is 0 Å². The van der Waals surface area contributed by atoms with Crippen LogP contribution in [0.25, 0.3) is 0 Å². The molecule has 2 aromatic carbocycles. The van der Waals surface area contributed by atoms with Gasteiger partial charge in [0.05, 0.1) is 4.92 Å². The molecule has 23 heavy (non-hydrogen) atoms. The Morgan fingerprint density at radius 3 is 2.04 bits per heavy atom. The molecule has 1 atom stereocenters. The number of nitrogens with two attached hydrogens (primary N) is 1. The average molecular weight is 312 g/mol. The molecule has 2 rings (SSSR count). The standard InChI is InChI=1S/C19H24N2O2/c1-19(2,3)17-8-6-15(7-9-17)16(13-20)12-14-4-10-18(11-5-14)21(22)23/h4-11,16H,12-13,20H2,1-3H3. The SMILES string of the molecule is CC(C)(C)c1ccc(C(CN)Cc2ccc([N+](=O)[O-])cc2)cc1. The van der Waals surface area contributed by atoms with Crippen molar-refractivity contribution in [3.63, 3.8) is 0 Å². The first-order valence-electron chi connectivity index (χ1n) is 7.85. The van der Waals surface area contributed by atoms with Crippen LogP contribution in [-0.4, -0.2) is 11.5 Å². The smallest absolute Gasteiger partial charge is 0.269 e. The maximum absolute atomic E-state index is 10.7. The maximum atomic E-state index is 10.7. The second-order valence-corrected chi connectivity index (χ2v) is 6.93. The molecule has 1 unspecified atom stereocenters. The summed E-state index contributed by atoms with van der Waals surface area (Å²) in [5.41, 5.74) is 9.77. The van der Waals surface area contributed by atoms with E-state index in [2.05, 4.69) is 45.0 Å². The summed E-state index contributed by atoms with van der Waals surface area (Å²) in [7, 11) is 0. The van der Waals surface area contributed by atoms with Gasteiger partial charge >= 0.3 is 0 Å². The predicted molar refractivity (Wildman–Crippen MR) is 93.7 cm³/mol. The van der Waals surface area contributed by atoms with Gasteiger partial charge in [-0.3, -0.25) is 10.1 Å². The van der Waals surface area contributed by atoms with E-state index in [4.69, 9.17) is 5.73 Å². The summed E-state index contributed by atoms with van der Waals surface area (Å²) in [5.74, 6) is 0.213. The minimum absolute atomic E-state index is 0.118. The van der Waals surface area contributed by atoms with Gasteiger partial charge in [-0.1, -0.05) is 57.2 Å². The van der Waals surface area contributed by atoms with E-state index < -0.39 is 0 Å². The fourth-order valence-corrected chi connectivity index (χ4v) is 2.63. The van der Waals surface area contributed by atoms with Crippen LogP contribution in [0.5, 0.6) is 0 Å². The molecule has 0 aliphatic carbocycles. The molecular formula is C19H24N2O2. The van der Waals surface area contributed by atoms with Gasteiger partial charge in [0, 0.05) is 18.1 Å². The first kappa shape index (κ1) is 17.2. The van der Waals surface area contributed by atoms with Crippen molar-refractivity contribution in [2.75, 3.05) is 6.54 Å². The van der Waals surface area contributed by atoms with Crippen LogP contribution in [-0.2, 0) is 11.8 Å². The van der Waals surface area contributed by atoms with Crippen molar-refractivity contribution in [1.82, 2.24) is 0 Å². The highest BCUT2D eigenvalue weighted by molar-refractivity contribution is 5.35. The van der Waals surface area contributed by atoms with Gasteiger partial charge in [0.15, 0.2) is 0 Å². The van der Waals surface area contributed by atoms with E-state index in [-0.39, 0.29) is 21.9 Å². The number of rotatable bonds is 5. The lowest BCUT2D eigenvalue weighted by Gasteiger charge is -2.21. The van der Waals surface area contributed by atoms with Crippen LogP contribution in [0.3, 0.4) is 0 Å². The molecule has 0 aliphatic heterocycles. The number of hydrogen-bond acceptors (Lipinski definition) is 3. The highest BCUT2D eigenvalue weighted by Crippen LogP contribution is 2.26. The summed E-state index contributed by atoms with van der Waals surface area (Å²) < 4.78 is 0. The van der Waals surface area contributed by atoms with E-state index >= 15 is 0 Å². The zero-order chi connectivity index (χ0) is 17.0. The van der Waals surface area contributed by atoms with Crippen LogP contribution in [0, 0.1) is 10.1 Å². The number of nitrogens with zero attached hydrogens (tertiary/aromatic N) is 1. The van der Waals surface area contributed by atoms with Gasteiger partial charge in [-0.15, -0.1) is 0 Å². The largest absolute Gasteiger partial charge is 0.330 e. The summed E-state index contributed by atoms with van der Waals surface area (Å²) in [6.07, 6.45) is 0.781. The monoisotopic (exact) mass is 312 g/mol. The lowest BCUT2D eigenvalue weighted by atomic mass is 9.84. The highest BCUT2D eigenvalue weighted by Gasteiger charge is 2.16. The first-order valence-corrected chi connectivity index (χ1v) is 7.85. The number of non-ortho nitro benzene ring substituents is 1. The van der Waals surface area contributed by atoms with Crippen molar-refractivity contribution in [2.45, 2.75) is 38.5 Å². The first-order chi connectivity index (χ1) is 10.8. The van der Waals surface area contributed by atoms with Crippen molar-refractivity contribution in [1.29, 1.82) is 0 Å². The molecule has 122 valence electrons. The van der Waals surface area contributed by atoms with Gasteiger partial charge in [0.25, 0.3) is 5.69 Å². The molecule has 0 spiro atoms. The summed E-state index contributed by atoms with van der Waals surface area (Å²) in [4.78, 5) is 10.3. The molecule has 0 heterocycles. The van der Waals surface area contributed by atoms with E-state index in [0.717, 1.165) is 12.0 Å². The zero-order valence-electron chi connectivity index (χ0n) is 14.0. The lowest BCUT2D eigenvalue weighted by molar-refractivity contribution is -0.384. The van der Waals surface area contributed by atoms with Crippen LogP contribution in [0.2, 0.25) is 0 Å². The molecule has 0 radical (unpaired) electrons. The maximum Gasteiger partial charge on any atom is 0.269 e. The third-order valence-corrected chi connectivity index (χ3v) is 4.16. The van der Waals surface area contributed by atoms with Crippen LogP contribution in [0.1, 0.15) is 43.4 Å². The average Bonchev–Trinajstić information content (AvgIpc) is 2.52. The van der Waals surface area contributed by atoms with Gasteiger partial charge in [-0.2, -0.15) is 0 Å². The van der Waals surface area contributed by atoms with Gasteiger partial charge in [0.1, 0.15) is 0 Å². The molecule has 0 aliphatic rings. The van der Waals surface area contributed by atoms with E-state index in [1.54, 1.807) is 12.1 Å².